The minimum absolute atomic E-state index is 0.627. The summed E-state index contributed by atoms with van der Waals surface area (Å²) in [5.41, 5.74) is 10.9. The summed E-state index contributed by atoms with van der Waals surface area (Å²) in [6, 6.07) is 6.23. The van der Waals surface area contributed by atoms with Crippen LogP contribution in [0.2, 0.25) is 0 Å². The van der Waals surface area contributed by atoms with Crippen LogP contribution in [0.5, 0.6) is 5.75 Å². The number of aromatic nitrogens is 2. The molecule has 0 unspecified atom stereocenters. The first kappa shape index (κ1) is 12.6. The molecule has 18 heavy (non-hydrogen) atoms. The van der Waals surface area contributed by atoms with Gasteiger partial charge in [0.25, 0.3) is 0 Å². The number of rotatable bonds is 4. The molecule has 0 atom stereocenters. The van der Waals surface area contributed by atoms with Gasteiger partial charge >= 0.3 is 0 Å². The first-order chi connectivity index (χ1) is 8.65. The molecule has 4 nitrogen and oxygen atoms in total. The van der Waals surface area contributed by atoms with Gasteiger partial charge in [0, 0.05) is 17.7 Å². The van der Waals surface area contributed by atoms with Gasteiger partial charge in [-0.2, -0.15) is 5.10 Å². The van der Waals surface area contributed by atoms with Gasteiger partial charge in [-0.05, 0) is 49.7 Å². The predicted octanol–water partition coefficient (Wildman–Crippen LogP) is 2.20. The third-order valence-corrected chi connectivity index (χ3v) is 3.00. The summed E-state index contributed by atoms with van der Waals surface area (Å²) in [6.45, 7) is 4.72. The first-order valence-electron chi connectivity index (χ1n) is 6.05. The van der Waals surface area contributed by atoms with Crippen molar-refractivity contribution >= 4 is 0 Å². The quantitative estimate of drug-likeness (QED) is 0.868. The van der Waals surface area contributed by atoms with Gasteiger partial charge in [0.05, 0.1) is 12.8 Å². The smallest absolute Gasteiger partial charge is 0.124 e. The Morgan fingerprint density at radius 3 is 2.44 bits per heavy atom. The van der Waals surface area contributed by atoms with Crippen molar-refractivity contribution in [3.63, 3.8) is 0 Å². The minimum Gasteiger partial charge on any atom is -0.496 e. The number of aromatic amines is 1. The lowest BCUT2D eigenvalue weighted by molar-refractivity contribution is 0.408. The molecule has 96 valence electrons. The van der Waals surface area contributed by atoms with E-state index in [0.717, 1.165) is 40.2 Å². The average molecular weight is 245 g/mol. The van der Waals surface area contributed by atoms with Crippen LogP contribution in [0.4, 0.5) is 0 Å². The normalized spacial score (nSPS) is 10.7. The maximum Gasteiger partial charge on any atom is 0.124 e. The fraction of sp³-hybridized carbons (Fsp3) is 0.357. The van der Waals surface area contributed by atoms with Crippen LogP contribution in [0.1, 0.15) is 16.8 Å². The summed E-state index contributed by atoms with van der Waals surface area (Å²) in [6.07, 6.45) is 0.821. The maximum absolute atomic E-state index is 5.53. The zero-order chi connectivity index (χ0) is 13.1. The monoisotopic (exact) mass is 245 g/mol. The van der Waals surface area contributed by atoms with Gasteiger partial charge in [-0.25, -0.2) is 0 Å². The summed E-state index contributed by atoms with van der Waals surface area (Å²) in [4.78, 5) is 0. The number of aryl methyl sites for hydroxylation is 2. The Labute approximate surface area is 107 Å². The van der Waals surface area contributed by atoms with Crippen LogP contribution >= 0.6 is 0 Å². The van der Waals surface area contributed by atoms with Crippen LogP contribution < -0.4 is 10.5 Å². The highest BCUT2D eigenvalue weighted by molar-refractivity contribution is 5.64. The molecule has 3 N–H and O–H groups in total. The molecule has 2 aromatic rings. The summed E-state index contributed by atoms with van der Waals surface area (Å²) < 4.78 is 5.37. The lowest BCUT2D eigenvalue weighted by Crippen LogP contribution is -2.02. The van der Waals surface area contributed by atoms with Gasteiger partial charge in [0.2, 0.25) is 0 Å². The fourth-order valence-corrected chi connectivity index (χ4v) is 2.21. The standard InChI is InChI=1S/C14H19N3O/c1-9-6-11(7-10(2)14(9)18-3)13-8-12(4-5-15)16-17-13/h6-8H,4-5,15H2,1-3H3,(H,16,17). The first-order valence-corrected chi connectivity index (χ1v) is 6.05. The van der Waals surface area contributed by atoms with E-state index in [4.69, 9.17) is 10.5 Å². The van der Waals surface area contributed by atoms with Crippen molar-refractivity contribution in [3.8, 4) is 17.0 Å². The summed E-state index contributed by atoms with van der Waals surface area (Å²) in [5.74, 6) is 0.941. The van der Waals surface area contributed by atoms with E-state index in [-0.39, 0.29) is 0 Å². The van der Waals surface area contributed by atoms with Crippen LogP contribution in [0.15, 0.2) is 18.2 Å². The van der Waals surface area contributed by atoms with E-state index < -0.39 is 0 Å². The molecule has 1 aromatic heterocycles. The second-order valence-corrected chi connectivity index (χ2v) is 4.46. The molecule has 0 spiro atoms. The number of H-pyrrole nitrogens is 1. The molecule has 4 heteroatoms. The molecule has 0 radical (unpaired) electrons. The lowest BCUT2D eigenvalue weighted by atomic mass is 10.0. The van der Waals surface area contributed by atoms with Crippen molar-refractivity contribution in [2.45, 2.75) is 20.3 Å². The van der Waals surface area contributed by atoms with Crippen LogP contribution in [0, 0.1) is 13.8 Å². The zero-order valence-corrected chi connectivity index (χ0v) is 11.1. The third kappa shape index (κ3) is 2.38. The number of ether oxygens (including phenoxy) is 1. The van der Waals surface area contributed by atoms with Gasteiger partial charge in [-0.3, -0.25) is 5.10 Å². The zero-order valence-electron chi connectivity index (χ0n) is 11.1. The molecular formula is C14H19N3O. The summed E-state index contributed by atoms with van der Waals surface area (Å²) in [5, 5.41) is 7.33. The van der Waals surface area contributed by atoms with Crippen molar-refractivity contribution in [2.24, 2.45) is 5.73 Å². The highest BCUT2D eigenvalue weighted by Crippen LogP contribution is 2.29. The molecule has 2 rings (SSSR count). The second kappa shape index (κ2) is 5.23. The second-order valence-electron chi connectivity index (χ2n) is 4.46. The molecule has 0 saturated carbocycles. The number of hydrogen-bond donors (Lipinski definition) is 2. The average Bonchev–Trinajstić information content (AvgIpc) is 2.78. The molecule has 0 aliphatic heterocycles. The summed E-state index contributed by atoms with van der Waals surface area (Å²) in [7, 11) is 1.70. The van der Waals surface area contributed by atoms with Crippen LogP contribution in [0.25, 0.3) is 11.3 Å². The number of nitrogens with zero attached hydrogens (tertiary/aromatic N) is 1. The third-order valence-electron chi connectivity index (χ3n) is 3.00. The molecule has 1 heterocycles. The highest BCUT2D eigenvalue weighted by atomic mass is 16.5. The number of methoxy groups -OCH3 is 1. The van der Waals surface area contributed by atoms with E-state index in [9.17, 15) is 0 Å². The maximum atomic E-state index is 5.53. The van der Waals surface area contributed by atoms with Gasteiger partial charge in [-0.1, -0.05) is 0 Å². The van der Waals surface area contributed by atoms with Crippen molar-refractivity contribution in [1.82, 2.24) is 10.2 Å². The van der Waals surface area contributed by atoms with Gasteiger partial charge < -0.3 is 10.5 Å². The van der Waals surface area contributed by atoms with Crippen molar-refractivity contribution in [3.05, 3.63) is 35.0 Å². The minimum atomic E-state index is 0.627. The Morgan fingerprint density at radius 1 is 1.22 bits per heavy atom. The molecule has 0 aliphatic rings. The van der Waals surface area contributed by atoms with Crippen LogP contribution in [0.3, 0.4) is 0 Å². The number of nitrogens with one attached hydrogen (secondary N) is 1. The topological polar surface area (TPSA) is 63.9 Å². The van der Waals surface area contributed by atoms with E-state index in [1.165, 1.54) is 0 Å². The van der Waals surface area contributed by atoms with Gasteiger partial charge in [0.1, 0.15) is 5.75 Å². The van der Waals surface area contributed by atoms with Crippen molar-refractivity contribution in [2.75, 3.05) is 13.7 Å². The molecule has 0 bridgehead atoms. The highest BCUT2D eigenvalue weighted by Gasteiger charge is 2.09. The molecule has 0 saturated heterocycles. The molecule has 0 amide bonds. The molecule has 1 aromatic carbocycles. The predicted molar refractivity (Wildman–Crippen MR) is 72.8 cm³/mol. The Balaban J connectivity index is 2.38. The molecule has 0 fully saturated rings. The van der Waals surface area contributed by atoms with Crippen molar-refractivity contribution in [1.29, 1.82) is 0 Å². The van der Waals surface area contributed by atoms with Gasteiger partial charge in [0.15, 0.2) is 0 Å². The Kier molecular flexibility index (Phi) is 3.67. The van der Waals surface area contributed by atoms with E-state index in [0.29, 0.717) is 6.54 Å². The van der Waals surface area contributed by atoms with E-state index in [1.54, 1.807) is 7.11 Å². The Hall–Kier alpha value is -1.81. The van der Waals surface area contributed by atoms with E-state index >= 15 is 0 Å². The van der Waals surface area contributed by atoms with E-state index in [2.05, 4.69) is 22.3 Å². The van der Waals surface area contributed by atoms with Crippen molar-refractivity contribution < 1.29 is 4.74 Å². The van der Waals surface area contributed by atoms with Gasteiger partial charge in [-0.15, -0.1) is 0 Å². The van der Waals surface area contributed by atoms with E-state index in [1.807, 2.05) is 19.9 Å². The Morgan fingerprint density at radius 2 is 1.89 bits per heavy atom. The van der Waals surface area contributed by atoms with Crippen LogP contribution in [-0.2, 0) is 6.42 Å². The SMILES string of the molecule is COc1c(C)cc(-c2cc(CCN)[nH]n2)cc1C. The fourth-order valence-electron chi connectivity index (χ4n) is 2.21. The summed E-state index contributed by atoms with van der Waals surface area (Å²) >= 11 is 0. The molecule has 0 aliphatic carbocycles. The number of benzene rings is 1. The number of hydrogen-bond acceptors (Lipinski definition) is 3. The lowest BCUT2D eigenvalue weighted by Gasteiger charge is -2.09. The molecular weight excluding hydrogens is 226 g/mol. The Bertz CT molecular complexity index is 523. The largest absolute Gasteiger partial charge is 0.496 e. The van der Waals surface area contributed by atoms with Crippen LogP contribution in [-0.4, -0.2) is 23.9 Å². The number of nitrogens with two attached hydrogens (primary N) is 1.